The number of hydrogen-bond acceptors (Lipinski definition) is 4. The number of rotatable bonds is 7. The minimum absolute atomic E-state index is 0.221. The highest BCUT2D eigenvalue weighted by atomic mass is 35.5. The van der Waals surface area contributed by atoms with E-state index in [2.05, 4.69) is 15.3 Å². The zero-order chi connectivity index (χ0) is 18.4. The predicted molar refractivity (Wildman–Crippen MR) is 108 cm³/mol. The van der Waals surface area contributed by atoms with Crippen molar-refractivity contribution in [2.24, 2.45) is 0 Å². The number of hydrogen-bond donors (Lipinski definition) is 2. The largest absolute Gasteiger partial charge is 0.368 e. The first-order chi connectivity index (χ1) is 12.7. The van der Waals surface area contributed by atoms with Crippen LogP contribution in [0.3, 0.4) is 0 Å². The molecule has 0 aliphatic carbocycles. The number of aromatic nitrogens is 2. The molecule has 26 heavy (non-hydrogen) atoms. The Morgan fingerprint density at radius 3 is 2.31 bits per heavy atom. The first kappa shape index (κ1) is 18.4. The average molecular weight is 385 g/mol. The summed E-state index contributed by atoms with van der Waals surface area (Å²) in [5.41, 5.74) is 2.57. The highest BCUT2D eigenvalue weighted by Crippen LogP contribution is 2.24. The summed E-state index contributed by atoms with van der Waals surface area (Å²) >= 11 is 12.7. The quantitative estimate of drug-likeness (QED) is 0.338. The maximum atomic E-state index is 7.60. The second-order valence-corrected chi connectivity index (χ2v) is 6.64. The fraction of sp³-hybridized carbons (Fsp3) is 0.150. The molecule has 3 rings (SSSR count). The number of alkyl halides is 1. The summed E-state index contributed by atoms with van der Waals surface area (Å²) in [5.74, 6) is 1.12. The zero-order valence-corrected chi connectivity index (χ0v) is 15.5. The molecule has 6 heteroatoms. The molecular weight excluding hydrogens is 367 g/mol. The minimum atomic E-state index is -0.221. The molecule has 2 N–H and O–H groups in total. The Morgan fingerprint density at radius 2 is 1.65 bits per heavy atom. The van der Waals surface area contributed by atoms with Crippen LogP contribution >= 0.6 is 23.2 Å². The molecule has 1 unspecified atom stereocenters. The van der Waals surface area contributed by atoms with Crippen LogP contribution in [0.25, 0.3) is 0 Å². The Hall–Kier alpha value is -2.43. The van der Waals surface area contributed by atoms with E-state index in [1.54, 1.807) is 0 Å². The van der Waals surface area contributed by atoms with Crippen LogP contribution in [-0.4, -0.2) is 22.7 Å². The SMILES string of the molecule is N=Cc1c(Cl)nc(Cc2ccccc2)nc1NCC(Cl)c1ccccc1. The van der Waals surface area contributed by atoms with Gasteiger partial charge in [-0.2, -0.15) is 0 Å². The molecule has 132 valence electrons. The lowest BCUT2D eigenvalue weighted by Gasteiger charge is -2.14. The van der Waals surface area contributed by atoms with Gasteiger partial charge in [0, 0.05) is 19.2 Å². The van der Waals surface area contributed by atoms with Crippen molar-refractivity contribution < 1.29 is 0 Å². The van der Waals surface area contributed by atoms with Gasteiger partial charge in [-0.25, -0.2) is 9.97 Å². The molecular formula is C20H18Cl2N4. The highest BCUT2D eigenvalue weighted by molar-refractivity contribution is 6.32. The van der Waals surface area contributed by atoms with Gasteiger partial charge in [0.05, 0.1) is 10.9 Å². The molecule has 0 saturated heterocycles. The molecule has 0 bridgehead atoms. The van der Waals surface area contributed by atoms with Crippen LogP contribution < -0.4 is 5.32 Å². The summed E-state index contributed by atoms with van der Waals surface area (Å²) in [7, 11) is 0. The van der Waals surface area contributed by atoms with Crippen LogP contribution in [0.5, 0.6) is 0 Å². The van der Waals surface area contributed by atoms with Crippen molar-refractivity contribution in [3.8, 4) is 0 Å². The Balaban J connectivity index is 1.79. The Labute approximate surface area is 162 Å². The van der Waals surface area contributed by atoms with Crippen molar-refractivity contribution >= 4 is 35.2 Å². The lowest BCUT2D eigenvalue weighted by Crippen LogP contribution is -2.13. The molecule has 0 aliphatic rings. The second-order valence-electron chi connectivity index (χ2n) is 5.76. The normalized spacial score (nSPS) is 11.8. The van der Waals surface area contributed by atoms with E-state index in [1.807, 2.05) is 60.7 Å². The van der Waals surface area contributed by atoms with Gasteiger partial charge in [0.1, 0.15) is 16.8 Å². The van der Waals surface area contributed by atoms with E-state index in [-0.39, 0.29) is 10.5 Å². The van der Waals surface area contributed by atoms with Crippen molar-refractivity contribution in [2.45, 2.75) is 11.8 Å². The van der Waals surface area contributed by atoms with E-state index < -0.39 is 0 Å². The van der Waals surface area contributed by atoms with E-state index in [0.717, 1.165) is 17.3 Å². The van der Waals surface area contributed by atoms with Crippen LogP contribution in [0.4, 0.5) is 5.82 Å². The van der Waals surface area contributed by atoms with Gasteiger partial charge in [-0.05, 0) is 11.1 Å². The van der Waals surface area contributed by atoms with E-state index in [9.17, 15) is 0 Å². The Bertz CT molecular complexity index is 870. The van der Waals surface area contributed by atoms with Crippen molar-refractivity contribution in [2.75, 3.05) is 11.9 Å². The number of nitrogens with one attached hydrogen (secondary N) is 2. The monoisotopic (exact) mass is 384 g/mol. The summed E-state index contributed by atoms with van der Waals surface area (Å²) in [5, 5.41) is 10.9. The molecule has 0 aliphatic heterocycles. The van der Waals surface area contributed by atoms with E-state index >= 15 is 0 Å². The number of nitrogens with zero attached hydrogens (tertiary/aromatic N) is 2. The lowest BCUT2D eigenvalue weighted by atomic mass is 10.1. The van der Waals surface area contributed by atoms with E-state index in [1.165, 1.54) is 0 Å². The third-order valence-electron chi connectivity index (χ3n) is 3.90. The predicted octanol–water partition coefficient (Wildman–Crippen LogP) is 5.11. The molecule has 4 nitrogen and oxygen atoms in total. The van der Waals surface area contributed by atoms with Crippen LogP contribution in [0.2, 0.25) is 5.15 Å². The molecule has 0 radical (unpaired) electrons. The van der Waals surface area contributed by atoms with Gasteiger partial charge in [-0.1, -0.05) is 72.3 Å². The van der Waals surface area contributed by atoms with Crippen molar-refractivity contribution in [1.29, 1.82) is 5.41 Å². The molecule has 3 aromatic rings. The standard InChI is InChI=1S/C20H18Cl2N4/c21-17(15-9-5-2-6-10-15)13-24-20-16(12-23)19(22)25-18(26-20)11-14-7-3-1-4-8-14/h1-10,12,17,23H,11,13H2,(H,24,25,26). The summed E-state index contributed by atoms with van der Waals surface area (Å²) < 4.78 is 0. The topological polar surface area (TPSA) is 61.7 Å². The van der Waals surface area contributed by atoms with E-state index in [0.29, 0.717) is 30.2 Å². The minimum Gasteiger partial charge on any atom is -0.368 e. The average Bonchev–Trinajstić information content (AvgIpc) is 2.67. The van der Waals surface area contributed by atoms with Crippen molar-refractivity contribution in [1.82, 2.24) is 9.97 Å². The zero-order valence-electron chi connectivity index (χ0n) is 14.0. The van der Waals surface area contributed by atoms with Gasteiger partial charge >= 0.3 is 0 Å². The first-order valence-electron chi connectivity index (χ1n) is 8.21. The summed E-state index contributed by atoms with van der Waals surface area (Å²) in [6.45, 7) is 0.463. The van der Waals surface area contributed by atoms with Gasteiger partial charge in [-0.15, -0.1) is 11.6 Å². The smallest absolute Gasteiger partial charge is 0.143 e. The van der Waals surface area contributed by atoms with Crippen LogP contribution in [0.15, 0.2) is 60.7 Å². The maximum Gasteiger partial charge on any atom is 0.143 e. The summed E-state index contributed by atoms with van der Waals surface area (Å²) in [4.78, 5) is 8.86. The first-order valence-corrected chi connectivity index (χ1v) is 9.02. The summed E-state index contributed by atoms with van der Waals surface area (Å²) in [6.07, 6.45) is 1.72. The lowest BCUT2D eigenvalue weighted by molar-refractivity contribution is 0.929. The number of benzene rings is 2. The summed E-state index contributed by atoms with van der Waals surface area (Å²) in [6, 6.07) is 19.7. The molecule has 1 heterocycles. The Morgan fingerprint density at radius 1 is 1.00 bits per heavy atom. The second kappa shape index (κ2) is 8.79. The third-order valence-corrected chi connectivity index (χ3v) is 4.60. The number of anilines is 1. The fourth-order valence-electron chi connectivity index (χ4n) is 2.57. The van der Waals surface area contributed by atoms with Crippen LogP contribution in [0.1, 0.15) is 27.9 Å². The van der Waals surface area contributed by atoms with Crippen LogP contribution in [0, 0.1) is 5.41 Å². The van der Waals surface area contributed by atoms with Gasteiger partial charge in [0.15, 0.2) is 0 Å². The van der Waals surface area contributed by atoms with Gasteiger partial charge in [-0.3, -0.25) is 0 Å². The molecule has 0 saturated carbocycles. The van der Waals surface area contributed by atoms with E-state index in [4.69, 9.17) is 28.6 Å². The fourth-order valence-corrected chi connectivity index (χ4v) is 3.04. The third kappa shape index (κ3) is 4.59. The molecule has 1 aromatic heterocycles. The maximum absolute atomic E-state index is 7.60. The molecule has 0 amide bonds. The molecule has 1 atom stereocenters. The Kier molecular flexibility index (Phi) is 6.21. The van der Waals surface area contributed by atoms with Gasteiger partial charge in [0.2, 0.25) is 0 Å². The van der Waals surface area contributed by atoms with Crippen LogP contribution in [-0.2, 0) is 6.42 Å². The highest BCUT2D eigenvalue weighted by Gasteiger charge is 2.14. The van der Waals surface area contributed by atoms with Gasteiger partial charge < -0.3 is 10.7 Å². The number of halogens is 2. The molecule has 2 aromatic carbocycles. The van der Waals surface area contributed by atoms with Gasteiger partial charge in [0.25, 0.3) is 0 Å². The van der Waals surface area contributed by atoms with Crippen molar-refractivity contribution in [3.05, 3.63) is 88.3 Å². The van der Waals surface area contributed by atoms with Crippen molar-refractivity contribution in [3.63, 3.8) is 0 Å². The molecule has 0 fully saturated rings. The molecule has 0 spiro atoms.